The lowest BCUT2D eigenvalue weighted by Gasteiger charge is -2.26. The van der Waals surface area contributed by atoms with Gasteiger partial charge in [0.1, 0.15) is 0 Å². The van der Waals surface area contributed by atoms with Crippen molar-refractivity contribution in [3.8, 4) is 0 Å². The van der Waals surface area contributed by atoms with Gasteiger partial charge in [0.15, 0.2) is 5.96 Å². The lowest BCUT2D eigenvalue weighted by Crippen LogP contribution is -2.44. The van der Waals surface area contributed by atoms with Gasteiger partial charge in [0, 0.05) is 46.3 Å². The van der Waals surface area contributed by atoms with Gasteiger partial charge in [-0.3, -0.25) is 9.89 Å². The molecule has 2 aromatic carbocycles. The number of aromatic nitrogens is 2. The maximum absolute atomic E-state index is 5.39. The fourth-order valence-electron chi connectivity index (χ4n) is 3.66. The first-order valence-corrected chi connectivity index (χ1v) is 10.5. The zero-order valence-electron chi connectivity index (χ0n) is 17.6. The van der Waals surface area contributed by atoms with Crippen molar-refractivity contribution in [3.05, 3.63) is 66.0 Å². The van der Waals surface area contributed by atoms with Gasteiger partial charge < -0.3 is 19.9 Å². The normalized spacial score (nSPS) is 15.4. The number of imidazole rings is 1. The Morgan fingerprint density at radius 3 is 2.60 bits per heavy atom. The van der Waals surface area contributed by atoms with Crippen LogP contribution in [0.15, 0.2) is 59.9 Å². The van der Waals surface area contributed by atoms with Crippen LogP contribution >= 0.6 is 0 Å². The molecule has 0 aliphatic carbocycles. The predicted octanol–water partition coefficient (Wildman–Crippen LogP) is 2.08. The molecule has 1 aliphatic rings. The summed E-state index contributed by atoms with van der Waals surface area (Å²) in [6.07, 6.45) is 1.91. The highest BCUT2D eigenvalue weighted by Gasteiger charge is 2.09. The molecule has 3 aromatic rings. The number of fused-ring (bicyclic) bond motifs is 1. The molecular weight excluding hydrogens is 376 g/mol. The second-order valence-corrected chi connectivity index (χ2v) is 7.48. The minimum atomic E-state index is 0.742. The maximum atomic E-state index is 5.39. The fourth-order valence-corrected chi connectivity index (χ4v) is 3.66. The van der Waals surface area contributed by atoms with Crippen molar-refractivity contribution in [2.75, 3.05) is 46.4 Å². The number of hydrogen-bond acceptors (Lipinski definition) is 4. The van der Waals surface area contributed by atoms with E-state index in [1.165, 1.54) is 11.1 Å². The van der Waals surface area contributed by atoms with Gasteiger partial charge in [-0.05, 0) is 23.3 Å². The number of guanidine groups is 1. The van der Waals surface area contributed by atoms with E-state index in [9.17, 15) is 0 Å². The van der Waals surface area contributed by atoms with Crippen molar-refractivity contribution in [2.45, 2.75) is 13.1 Å². The Morgan fingerprint density at radius 1 is 1.03 bits per heavy atom. The molecule has 0 unspecified atom stereocenters. The Balaban J connectivity index is 1.24. The summed E-state index contributed by atoms with van der Waals surface area (Å²) in [4.78, 5) is 11.2. The Hall–Kier alpha value is -2.90. The van der Waals surface area contributed by atoms with Crippen LogP contribution in [0.4, 0.5) is 0 Å². The zero-order valence-corrected chi connectivity index (χ0v) is 17.6. The number of rotatable bonds is 7. The first kappa shape index (κ1) is 20.4. The topological polar surface area (TPSA) is 66.7 Å². The van der Waals surface area contributed by atoms with Gasteiger partial charge >= 0.3 is 0 Å². The molecule has 1 saturated heterocycles. The van der Waals surface area contributed by atoms with E-state index in [1.54, 1.807) is 0 Å². The van der Waals surface area contributed by atoms with Gasteiger partial charge in [-0.1, -0.05) is 36.4 Å². The molecule has 1 fully saturated rings. The lowest BCUT2D eigenvalue weighted by atomic mass is 10.1. The van der Waals surface area contributed by atoms with Gasteiger partial charge in [0.05, 0.1) is 30.6 Å². The van der Waals surface area contributed by atoms with E-state index >= 15 is 0 Å². The van der Waals surface area contributed by atoms with Crippen molar-refractivity contribution in [2.24, 2.45) is 4.99 Å². The Labute approximate surface area is 177 Å². The number of benzene rings is 2. The summed E-state index contributed by atoms with van der Waals surface area (Å²) < 4.78 is 7.57. The van der Waals surface area contributed by atoms with Crippen LogP contribution in [0, 0.1) is 0 Å². The Kier molecular flexibility index (Phi) is 6.95. The molecule has 1 aliphatic heterocycles. The maximum Gasteiger partial charge on any atom is 0.191 e. The summed E-state index contributed by atoms with van der Waals surface area (Å²) >= 11 is 0. The number of aliphatic imine (C=N–C) groups is 1. The number of para-hydroxylation sites is 2. The molecule has 0 spiro atoms. The number of ether oxygens (including phenoxy) is 1. The first-order valence-electron chi connectivity index (χ1n) is 10.5. The molecule has 4 rings (SSSR count). The van der Waals surface area contributed by atoms with E-state index in [4.69, 9.17) is 4.74 Å². The summed E-state index contributed by atoms with van der Waals surface area (Å²) in [5.74, 6) is 0.831. The SMILES string of the molecule is CN=C(NCCN1CCOCC1)NCc1ccc(Cn2cnc3ccccc32)cc1. The monoisotopic (exact) mass is 406 g/mol. The van der Waals surface area contributed by atoms with E-state index in [2.05, 4.69) is 66.5 Å². The molecule has 0 radical (unpaired) electrons. The average molecular weight is 407 g/mol. The minimum absolute atomic E-state index is 0.742. The van der Waals surface area contributed by atoms with Gasteiger partial charge in [0.2, 0.25) is 0 Å². The highest BCUT2D eigenvalue weighted by Crippen LogP contribution is 2.14. The largest absolute Gasteiger partial charge is 0.379 e. The molecule has 0 bridgehead atoms. The van der Waals surface area contributed by atoms with Crippen LogP contribution in [-0.4, -0.2) is 66.9 Å². The van der Waals surface area contributed by atoms with Crippen molar-refractivity contribution in [1.82, 2.24) is 25.1 Å². The van der Waals surface area contributed by atoms with Crippen molar-refractivity contribution >= 4 is 17.0 Å². The third kappa shape index (κ3) is 5.37. The highest BCUT2D eigenvalue weighted by molar-refractivity contribution is 5.79. The molecule has 7 heteroatoms. The Morgan fingerprint density at radius 2 is 1.80 bits per heavy atom. The second-order valence-electron chi connectivity index (χ2n) is 7.48. The zero-order chi connectivity index (χ0) is 20.6. The van der Waals surface area contributed by atoms with Gasteiger partial charge in [-0.15, -0.1) is 0 Å². The molecule has 0 amide bonds. The number of nitrogens with one attached hydrogen (secondary N) is 2. The van der Waals surface area contributed by atoms with E-state index in [-0.39, 0.29) is 0 Å². The Bertz CT molecular complexity index is 959. The van der Waals surface area contributed by atoms with Crippen LogP contribution in [0.3, 0.4) is 0 Å². The van der Waals surface area contributed by atoms with Crippen LogP contribution in [0.25, 0.3) is 11.0 Å². The van der Waals surface area contributed by atoms with Crippen LogP contribution in [0.2, 0.25) is 0 Å². The molecule has 2 heterocycles. The number of hydrogen-bond donors (Lipinski definition) is 2. The summed E-state index contributed by atoms with van der Waals surface area (Å²) in [5, 5.41) is 6.78. The number of morpholine rings is 1. The van der Waals surface area contributed by atoms with Gasteiger partial charge in [-0.2, -0.15) is 0 Å². The van der Waals surface area contributed by atoms with Crippen LogP contribution in [0.1, 0.15) is 11.1 Å². The molecule has 1 aromatic heterocycles. The van der Waals surface area contributed by atoms with Crippen LogP contribution in [0.5, 0.6) is 0 Å². The predicted molar refractivity (Wildman–Crippen MR) is 121 cm³/mol. The summed E-state index contributed by atoms with van der Waals surface area (Å²) in [6.45, 7) is 7.12. The van der Waals surface area contributed by atoms with Crippen LogP contribution < -0.4 is 10.6 Å². The molecule has 30 heavy (non-hydrogen) atoms. The molecule has 0 atom stereocenters. The molecule has 158 valence electrons. The molecular formula is C23H30N6O. The van der Waals surface area contributed by atoms with E-state index in [1.807, 2.05) is 25.5 Å². The second kappa shape index (κ2) is 10.2. The fraction of sp³-hybridized carbons (Fsp3) is 0.391. The highest BCUT2D eigenvalue weighted by atomic mass is 16.5. The van der Waals surface area contributed by atoms with Crippen molar-refractivity contribution in [1.29, 1.82) is 0 Å². The number of nitrogens with zero attached hydrogens (tertiary/aromatic N) is 4. The van der Waals surface area contributed by atoms with Crippen molar-refractivity contribution in [3.63, 3.8) is 0 Å². The third-order valence-electron chi connectivity index (χ3n) is 5.41. The van der Waals surface area contributed by atoms with Gasteiger partial charge in [-0.25, -0.2) is 4.98 Å². The van der Waals surface area contributed by atoms with Crippen LogP contribution in [-0.2, 0) is 17.8 Å². The van der Waals surface area contributed by atoms with Crippen molar-refractivity contribution < 1.29 is 4.74 Å². The summed E-state index contributed by atoms with van der Waals surface area (Å²) in [7, 11) is 1.81. The van der Waals surface area contributed by atoms with Gasteiger partial charge in [0.25, 0.3) is 0 Å². The minimum Gasteiger partial charge on any atom is -0.379 e. The summed E-state index contributed by atoms with van der Waals surface area (Å²) in [5.41, 5.74) is 4.68. The standard InChI is InChI=1S/C23H30N6O/c1-24-23(25-10-11-28-12-14-30-15-13-28)26-16-19-6-8-20(9-7-19)17-29-18-27-21-4-2-3-5-22(21)29/h2-9,18H,10-17H2,1H3,(H2,24,25,26). The molecule has 7 nitrogen and oxygen atoms in total. The third-order valence-corrected chi connectivity index (χ3v) is 5.41. The molecule has 0 saturated carbocycles. The average Bonchev–Trinajstić information content (AvgIpc) is 3.20. The molecule has 2 N–H and O–H groups in total. The first-order chi connectivity index (χ1) is 14.8. The van der Waals surface area contributed by atoms with E-state index < -0.39 is 0 Å². The lowest BCUT2D eigenvalue weighted by molar-refractivity contribution is 0.0389. The smallest absolute Gasteiger partial charge is 0.191 e. The van der Waals surface area contributed by atoms with E-state index in [0.717, 1.165) is 69.5 Å². The quantitative estimate of drug-likeness (QED) is 0.465. The summed E-state index contributed by atoms with van der Waals surface area (Å²) in [6, 6.07) is 16.9. The van der Waals surface area contributed by atoms with E-state index in [0.29, 0.717) is 0 Å².